The molecule has 146 valence electrons. The molecule has 28 heavy (non-hydrogen) atoms. The van der Waals surface area contributed by atoms with Crippen molar-refractivity contribution in [2.45, 2.75) is 19.0 Å². The van der Waals surface area contributed by atoms with Crippen molar-refractivity contribution in [1.82, 2.24) is 24.7 Å². The third-order valence-electron chi connectivity index (χ3n) is 5.38. The molecule has 2 aliphatic rings. The number of nitrogens with zero attached hydrogens (tertiary/aromatic N) is 5. The predicted octanol–water partition coefficient (Wildman–Crippen LogP) is 1.17. The molecule has 0 N–H and O–H groups in total. The van der Waals surface area contributed by atoms with Gasteiger partial charge in [0.1, 0.15) is 11.5 Å². The maximum Gasteiger partial charge on any atom is 0.274 e. The summed E-state index contributed by atoms with van der Waals surface area (Å²) in [6.45, 7) is 3.61. The molecule has 0 spiro atoms. The van der Waals surface area contributed by atoms with Gasteiger partial charge in [0.05, 0.1) is 12.2 Å². The Morgan fingerprint density at radius 2 is 1.86 bits per heavy atom. The van der Waals surface area contributed by atoms with Crippen LogP contribution in [0.1, 0.15) is 22.5 Å². The summed E-state index contributed by atoms with van der Waals surface area (Å²) in [5, 5.41) is 0. The molecule has 4 rings (SSSR count). The predicted molar refractivity (Wildman–Crippen MR) is 99.7 cm³/mol. The lowest BCUT2D eigenvalue weighted by Gasteiger charge is -2.39. The maximum atomic E-state index is 13.1. The summed E-state index contributed by atoms with van der Waals surface area (Å²) >= 11 is 0. The summed E-state index contributed by atoms with van der Waals surface area (Å²) in [7, 11) is 0. The molecule has 0 saturated carbocycles. The monoisotopic (exact) mass is 383 g/mol. The van der Waals surface area contributed by atoms with Crippen molar-refractivity contribution in [2.75, 3.05) is 32.7 Å². The number of piperazine rings is 1. The minimum atomic E-state index is -0.281. The van der Waals surface area contributed by atoms with Gasteiger partial charge in [0.15, 0.2) is 0 Å². The number of carbonyl (C=O) groups is 2. The third-order valence-corrected chi connectivity index (χ3v) is 5.38. The zero-order valence-corrected chi connectivity index (χ0v) is 15.5. The second-order valence-corrected chi connectivity index (χ2v) is 7.11. The lowest BCUT2D eigenvalue weighted by atomic mass is 10.1. The first-order valence-corrected chi connectivity index (χ1v) is 9.44. The summed E-state index contributed by atoms with van der Waals surface area (Å²) in [5.74, 6) is -0.357. The molecule has 2 aromatic rings. The Balaban J connectivity index is 1.42. The number of hydrogen-bond acceptors (Lipinski definition) is 5. The van der Waals surface area contributed by atoms with Crippen LogP contribution in [0.5, 0.6) is 0 Å². The number of halogens is 1. The standard InChI is InChI=1S/C20H22FN5O2/c21-16-3-1-15(2-4-16)14-26-12-10-24-9-11-25(8-5-18(24)20(26)28)19(27)17-13-22-6-7-23-17/h1-4,6-7,13,18H,5,8-12,14H2. The highest BCUT2D eigenvalue weighted by molar-refractivity contribution is 5.92. The fourth-order valence-electron chi connectivity index (χ4n) is 3.84. The first kappa shape index (κ1) is 18.5. The molecule has 1 aromatic heterocycles. The molecule has 1 atom stereocenters. The van der Waals surface area contributed by atoms with Crippen LogP contribution in [0.25, 0.3) is 0 Å². The van der Waals surface area contributed by atoms with E-state index in [0.29, 0.717) is 44.8 Å². The van der Waals surface area contributed by atoms with Gasteiger partial charge in [-0.1, -0.05) is 12.1 Å². The van der Waals surface area contributed by atoms with Crippen LogP contribution in [-0.2, 0) is 11.3 Å². The maximum absolute atomic E-state index is 13.1. The highest BCUT2D eigenvalue weighted by Crippen LogP contribution is 2.20. The first-order valence-electron chi connectivity index (χ1n) is 9.44. The molecule has 1 unspecified atom stereocenters. The van der Waals surface area contributed by atoms with Gasteiger partial charge in [-0.05, 0) is 24.1 Å². The van der Waals surface area contributed by atoms with Gasteiger partial charge in [-0.2, -0.15) is 0 Å². The summed E-state index contributed by atoms with van der Waals surface area (Å²) in [6.07, 6.45) is 5.10. The van der Waals surface area contributed by atoms with E-state index < -0.39 is 0 Å². The van der Waals surface area contributed by atoms with Crippen LogP contribution in [0.2, 0.25) is 0 Å². The van der Waals surface area contributed by atoms with Crippen LogP contribution in [0.15, 0.2) is 42.9 Å². The smallest absolute Gasteiger partial charge is 0.274 e. The van der Waals surface area contributed by atoms with Crippen molar-refractivity contribution in [1.29, 1.82) is 0 Å². The Kier molecular flexibility index (Phi) is 5.29. The Morgan fingerprint density at radius 3 is 2.61 bits per heavy atom. The topological polar surface area (TPSA) is 69.6 Å². The number of carbonyl (C=O) groups excluding carboxylic acids is 2. The molecule has 2 fully saturated rings. The van der Waals surface area contributed by atoms with E-state index in [9.17, 15) is 14.0 Å². The van der Waals surface area contributed by atoms with Crippen LogP contribution < -0.4 is 0 Å². The van der Waals surface area contributed by atoms with E-state index in [2.05, 4.69) is 14.9 Å². The average molecular weight is 383 g/mol. The van der Waals surface area contributed by atoms with Crippen molar-refractivity contribution in [2.24, 2.45) is 0 Å². The van der Waals surface area contributed by atoms with Crippen molar-refractivity contribution >= 4 is 11.8 Å². The second kappa shape index (κ2) is 8.02. The molecule has 8 heteroatoms. The van der Waals surface area contributed by atoms with Gasteiger partial charge in [0, 0.05) is 51.7 Å². The van der Waals surface area contributed by atoms with Crippen LogP contribution in [-0.4, -0.2) is 75.2 Å². The van der Waals surface area contributed by atoms with E-state index in [4.69, 9.17) is 0 Å². The highest BCUT2D eigenvalue weighted by Gasteiger charge is 2.37. The van der Waals surface area contributed by atoms with Crippen molar-refractivity contribution in [3.8, 4) is 0 Å². The summed E-state index contributed by atoms with van der Waals surface area (Å²) < 4.78 is 13.1. The molecular weight excluding hydrogens is 361 g/mol. The fourth-order valence-corrected chi connectivity index (χ4v) is 3.84. The zero-order chi connectivity index (χ0) is 19.5. The fraction of sp³-hybridized carbons (Fsp3) is 0.400. The number of rotatable bonds is 3. The van der Waals surface area contributed by atoms with Gasteiger partial charge in [-0.3, -0.25) is 19.5 Å². The van der Waals surface area contributed by atoms with Gasteiger partial charge in [-0.15, -0.1) is 0 Å². The quantitative estimate of drug-likeness (QED) is 0.796. The van der Waals surface area contributed by atoms with Crippen LogP contribution in [0.4, 0.5) is 4.39 Å². The van der Waals surface area contributed by atoms with Crippen LogP contribution in [0, 0.1) is 5.82 Å². The number of benzene rings is 1. The lowest BCUT2D eigenvalue weighted by molar-refractivity contribution is -0.142. The molecule has 7 nitrogen and oxygen atoms in total. The van der Waals surface area contributed by atoms with Gasteiger partial charge < -0.3 is 9.80 Å². The zero-order valence-electron chi connectivity index (χ0n) is 15.5. The van der Waals surface area contributed by atoms with Crippen LogP contribution >= 0.6 is 0 Å². The first-order chi connectivity index (χ1) is 13.6. The molecule has 2 saturated heterocycles. The molecule has 1 aromatic carbocycles. The second-order valence-electron chi connectivity index (χ2n) is 7.11. The van der Waals surface area contributed by atoms with E-state index in [1.165, 1.54) is 30.7 Å². The SMILES string of the molecule is O=C(c1cnccn1)N1CCC2C(=O)N(Cc3ccc(F)cc3)CCN2CC1. The number of hydrogen-bond donors (Lipinski definition) is 0. The molecule has 0 aliphatic carbocycles. The van der Waals surface area contributed by atoms with E-state index in [1.54, 1.807) is 17.0 Å². The Hall–Kier alpha value is -2.87. The van der Waals surface area contributed by atoms with Gasteiger partial charge in [0.2, 0.25) is 5.91 Å². The van der Waals surface area contributed by atoms with E-state index in [-0.39, 0.29) is 23.7 Å². The molecular formula is C20H22FN5O2. The normalized spacial score (nSPS) is 20.6. The largest absolute Gasteiger partial charge is 0.336 e. The minimum Gasteiger partial charge on any atom is -0.336 e. The van der Waals surface area contributed by atoms with Gasteiger partial charge in [0.25, 0.3) is 5.91 Å². The lowest BCUT2D eigenvalue weighted by Crippen LogP contribution is -2.56. The summed E-state index contributed by atoms with van der Waals surface area (Å²) in [4.78, 5) is 39.4. The molecule has 0 radical (unpaired) electrons. The Bertz CT molecular complexity index is 845. The third kappa shape index (κ3) is 3.87. The Labute approximate surface area is 162 Å². The van der Waals surface area contributed by atoms with Crippen molar-refractivity contribution in [3.05, 3.63) is 59.9 Å². The number of aromatic nitrogens is 2. The summed E-state index contributed by atoms with van der Waals surface area (Å²) in [6, 6.07) is 6.02. The summed E-state index contributed by atoms with van der Waals surface area (Å²) in [5.41, 5.74) is 1.24. The van der Waals surface area contributed by atoms with E-state index in [1.807, 2.05) is 4.90 Å². The van der Waals surface area contributed by atoms with Gasteiger partial charge >= 0.3 is 0 Å². The van der Waals surface area contributed by atoms with Gasteiger partial charge in [-0.25, -0.2) is 9.37 Å². The number of amides is 2. The average Bonchev–Trinajstić information content (AvgIpc) is 2.95. The Morgan fingerprint density at radius 1 is 1.07 bits per heavy atom. The minimum absolute atomic E-state index is 0.0735. The highest BCUT2D eigenvalue weighted by atomic mass is 19.1. The van der Waals surface area contributed by atoms with Crippen LogP contribution in [0.3, 0.4) is 0 Å². The molecule has 2 amide bonds. The molecule has 2 aliphatic heterocycles. The molecule has 3 heterocycles. The van der Waals surface area contributed by atoms with Crippen molar-refractivity contribution < 1.29 is 14.0 Å². The molecule has 0 bridgehead atoms. The number of fused-ring (bicyclic) bond motifs is 1. The van der Waals surface area contributed by atoms with E-state index in [0.717, 1.165) is 12.1 Å². The van der Waals surface area contributed by atoms with E-state index >= 15 is 0 Å². The van der Waals surface area contributed by atoms with Crippen molar-refractivity contribution in [3.63, 3.8) is 0 Å².